The van der Waals surface area contributed by atoms with Crippen LogP contribution in [0.25, 0.3) is 0 Å². The van der Waals surface area contributed by atoms with Gasteiger partial charge < -0.3 is 10.6 Å². The molecule has 0 aliphatic carbocycles. The molecule has 134 valence electrons. The number of sulfonamides is 1. The number of nitrogens with one attached hydrogen (secondary N) is 2. The maximum Gasteiger partial charge on any atom is 0.247 e. The van der Waals surface area contributed by atoms with Gasteiger partial charge in [0, 0.05) is 18.0 Å². The van der Waals surface area contributed by atoms with Gasteiger partial charge in [-0.3, -0.25) is 0 Å². The van der Waals surface area contributed by atoms with Crippen molar-refractivity contribution in [1.82, 2.24) is 10.6 Å². The van der Waals surface area contributed by atoms with Gasteiger partial charge in [0.2, 0.25) is 10.0 Å². The number of thiophene rings is 1. The fourth-order valence-electron chi connectivity index (χ4n) is 1.91. The first-order valence-electron chi connectivity index (χ1n) is 7.54. The van der Waals surface area contributed by atoms with Gasteiger partial charge in [-0.25, -0.2) is 18.5 Å². The molecular formula is C14H27IN4O2S2. The van der Waals surface area contributed by atoms with Gasteiger partial charge >= 0.3 is 0 Å². The Morgan fingerprint density at radius 1 is 1.26 bits per heavy atom. The van der Waals surface area contributed by atoms with Gasteiger partial charge in [0.25, 0.3) is 0 Å². The van der Waals surface area contributed by atoms with E-state index < -0.39 is 10.0 Å². The topological polar surface area (TPSA) is 96.6 Å². The number of nitrogens with two attached hydrogens (primary N) is 1. The number of aliphatic imine (C=N–C) groups is 1. The average Bonchev–Trinajstić information content (AvgIpc) is 2.94. The summed E-state index contributed by atoms with van der Waals surface area (Å²) < 4.78 is 22.7. The second kappa shape index (κ2) is 11.2. The lowest BCUT2D eigenvalue weighted by molar-refractivity contribution is 0.481. The summed E-state index contributed by atoms with van der Waals surface area (Å²) in [5.41, 5.74) is 0. The third kappa shape index (κ3) is 8.32. The Morgan fingerprint density at radius 2 is 1.91 bits per heavy atom. The first-order chi connectivity index (χ1) is 10.4. The summed E-state index contributed by atoms with van der Waals surface area (Å²) in [7, 11) is -3.62. The number of primary sulfonamides is 1. The monoisotopic (exact) mass is 474 g/mol. The SMILES string of the molecule is CCNC(=NCc1ccc(S(N)(=O)=O)s1)NCC(CC)CC.I. The van der Waals surface area contributed by atoms with Crippen LogP contribution in [0, 0.1) is 5.92 Å². The van der Waals surface area contributed by atoms with Crippen molar-refractivity contribution in [2.24, 2.45) is 16.0 Å². The van der Waals surface area contributed by atoms with Gasteiger partial charge in [-0.2, -0.15) is 0 Å². The number of hydrogen-bond acceptors (Lipinski definition) is 4. The Bertz CT molecular complexity index is 583. The van der Waals surface area contributed by atoms with Crippen LogP contribution < -0.4 is 15.8 Å². The van der Waals surface area contributed by atoms with Crippen molar-refractivity contribution in [3.63, 3.8) is 0 Å². The summed E-state index contributed by atoms with van der Waals surface area (Å²) in [5.74, 6) is 1.37. The minimum atomic E-state index is -3.62. The summed E-state index contributed by atoms with van der Waals surface area (Å²) in [4.78, 5) is 5.35. The van der Waals surface area contributed by atoms with Crippen molar-refractivity contribution in [2.75, 3.05) is 13.1 Å². The molecule has 0 saturated carbocycles. The highest BCUT2D eigenvalue weighted by molar-refractivity contribution is 14.0. The Balaban J connectivity index is 0.00000484. The van der Waals surface area contributed by atoms with E-state index in [1.807, 2.05) is 6.92 Å². The Kier molecular flexibility index (Phi) is 11.0. The number of rotatable bonds is 8. The van der Waals surface area contributed by atoms with E-state index in [-0.39, 0.29) is 28.2 Å². The van der Waals surface area contributed by atoms with E-state index in [1.54, 1.807) is 6.07 Å². The van der Waals surface area contributed by atoms with Crippen LogP contribution in [0.5, 0.6) is 0 Å². The molecule has 1 aromatic heterocycles. The highest BCUT2D eigenvalue weighted by Gasteiger charge is 2.11. The van der Waals surface area contributed by atoms with Crippen molar-refractivity contribution >= 4 is 51.3 Å². The average molecular weight is 474 g/mol. The van der Waals surface area contributed by atoms with Crippen LogP contribution in [0.2, 0.25) is 0 Å². The molecule has 0 atom stereocenters. The van der Waals surface area contributed by atoms with Crippen molar-refractivity contribution in [2.45, 2.75) is 44.4 Å². The molecule has 0 bridgehead atoms. The van der Waals surface area contributed by atoms with Crippen LogP contribution in [0.15, 0.2) is 21.3 Å². The minimum absolute atomic E-state index is 0. The third-order valence-corrected chi connectivity index (χ3v) is 5.88. The normalized spacial score (nSPS) is 12.1. The number of halogens is 1. The molecule has 0 saturated heterocycles. The smallest absolute Gasteiger partial charge is 0.247 e. The molecule has 23 heavy (non-hydrogen) atoms. The largest absolute Gasteiger partial charge is 0.357 e. The molecule has 0 fully saturated rings. The van der Waals surface area contributed by atoms with E-state index in [0.29, 0.717) is 12.5 Å². The van der Waals surface area contributed by atoms with Gasteiger partial charge in [-0.1, -0.05) is 26.7 Å². The predicted octanol–water partition coefficient (Wildman–Crippen LogP) is 2.50. The van der Waals surface area contributed by atoms with Crippen LogP contribution in [-0.4, -0.2) is 27.5 Å². The van der Waals surface area contributed by atoms with Crippen LogP contribution >= 0.6 is 35.3 Å². The summed E-state index contributed by atoms with van der Waals surface area (Å²) in [6.45, 7) is 8.46. The second-order valence-corrected chi connectivity index (χ2v) is 7.98. The molecule has 1 aromatic rings. The van der Waals surface area contributed by atoms with E-state index in [4.69, 9.17) is 5.14 Å². The molecule has 0 aromatic carbocycles. The van der Waals surface area contributed by atoms with Crippen molar-refractivity contribution < 1.29 is 8.42 Å². The highest BCUT2D eigenvalue weighted by Crippen LogP contribution is 2.20. The quantitative estimate of drug-likeness (QED) is 0.307. The minimum Gasteiger partial charge on any atom is -0.357 e. The van der Waals surface area contributed by atoms with E-state index in [0.717, 1.165) is 48.1 Å². The van der Waals surface area contributed by atoms with E-state index in [9.17, 15) is 8.42 Å². The maximum atomic E-state index is 11.3. The Hall–Kier alpha value is -0.390. The first kappa shape index (κ1) is 22.6. The summed E-state index contributed by atoms with van der Waals surface area (Å²) >= 11 is 1.16. The molecule has 0 unspecified atom stereocenters. The lowest BCUT2D eigenvalue weighted by Crippen LogP contribution is -2.39. The summed E-state index contributed by atoms with van der Waals surface area (Å²) in [6.07, 6.45) is 2.26. The fraction of sp³-hybridized carbons (Fsp3) is 0.643. The Morgan fingerprint density at radius 3 is 2.39 bits per heavy atom. The van der Waals surface area contributed by atoms with E-state index in [1.165, 1.54) is 6.07 Å². The molecule has 0 amide bonds. The standard InChI is InChI=1S/C14H26N4O2S2.HI/c1-4-11(5-2)9-17-14(16-6-3)18-10-12-7-8-13(21-12)22(15,19)20;/h7-8,11H,4-6,9-10H2,1-3H3,(H2,15,19,20)(H2,16,17,18);1H. The zero-order valence-corrected chi connectivity index (χ0v) is 17.8. The first-order valence-corrected chi connectivity index (χ1v) is 9.90. The molecular weight excluding hydrogens is 447 g/mol. The molecule has 4 N–H and O–H groups in total. The fourth-order valence-corrected chi connectivity index (χ4v) is 3.62. The zero-order valence-electron chi connectivity index (χ0n) is 13.8. The van der Waals surface area contributed by atoms with Gasteiger partial charge in [0.05, 0.1) is 6.54 Å². The van der Waals surface area contributed by atoms with Gasteiger partial charge in [-0.05, 0) is 25.0 Å². The molecule has 0 aliphatic rings. The van der Waals surface area contributed by atoms with Gasteiger partial charge in [-0.15, -0.1) is 35.3 Å². The summed E-state index contributed by atoms with van der Waals surface area (Å²) in [6, 6.07) is 3.27. The maximum absolute atomic E-state index is 11.3. The van der Waals surface area contributed by atoms with Crippen LogP contribution in [0.3, 0.4) is 0 Å². The predicted molar refractivity (Wildman–Crippen MR) is 108 cm³/mol. The van der Waals surface area contributed by atoms with E-state index in [2.05, 4.69) is 29.5 Å². The zero-order chi connectivity index (χ0) is 16.6. The van der Waals surface area contributed by atoms with Crippen molar-refractivity contribution in [1.29, 1.82) is 0 Å². The molecule has 1 rings (SSSR count). The Labute approximate surface area is 160 Å². The number of guanidine groups is 1. The lowest BCUT2D eigenvalue weighted by Gasteiger charge is -2.16. The third-order valence-electron chi connectivity index (χ3n) is 3.37. The van der Waals surface area contributed by atoms with Gasteiger partial charge in [0.1, 0.15) is 4.21 Å². The number of nitrogens with zero attached hydrogens (tertiary/aromatic N) is 1. The molecule has 0 aliphatic heterocycles. The number of hydrogen-bond donors (Lipinski definition) is 3. The van der Waals surface area contributed by atoms with Crippen LogP contribution in [0.4, 0.5) is 0 Å². The lowest BCUT2D eigenvalue weighted by atomic mass is 10.0. The van der Waals surface area contributed by atoms with E-state index >= 15 is 0 Å². The molecule has 1 heterocycles. The second-order valence-electron chi connectivity index (χ2n) is 5.02. The molecule has 0 radical (unpaired) electrons. The molecule has 6 nitrogen and oxygen atoms in total. The van der Waals surface area contributed by atoms with Gasteiger partial charge in [0.15, 0.2) is 5.96 Å². The molecule has 9 heteroatoms. The summed E-state index contributed by atoms with van der Waals surface area (Å²) in [5, 5.41) is 11.6. The highest BCUT2D eigenvalue weighted by atomic mass is 127. The van der Waals surface area contributed by atoms with Crippen molar-refractivity contribution in [3.8, 4) is 0 Å². The molecule has 0 spiro atoms. The van der Waals surface area contributed by atoms with Crippen molar-refractivity contribution in [3.05, 3.63) is 17.0 Å². The van der Waals surface area contributed by atoms with Crippen LogP contribution in [0.1, 0.15) is 38.5 Å². The van der Waals surface area contributed by atoms with Crippen LogP contribution in [-0.2, 0) is 16.6 Å².